The maximum Gasteiger partial charge on any atom is 0.0459 e. The zero-order chi connectivity index (χ0) is 11.1. The fourth-order valence-corrected chi connectivity index (χ4v) is 3.02. The molecule has 2 nitrogen and oxygen atoms in total. The highest BCUT2D eigenvalue weighted by molar-refractivity contribution is 9.10. The van der Waals surface area contributed by atoms with Crippen molar-refractivity contribution in [3.8, 4) is 0 Å². The minimum atomic E-state index is 0.658. The van der Waals surface area contributed by atoms with Gasteiger partial charge in [0.25, 0.3) is 0 Å². The van der Waals surface area contributed by atoms with Crippen LogP contribution in [0, 0.1) is 5.92 Å². The lowest BCUT2D eigenvalue weighted by Crippen LogP contribution is -2.21. The van der Waals surface area contributed by atoms with Crippen molar-refractivity contribution < 1.29 is 0 Å². The number of halogens is 1. The fourth-order valence-electron chi connectivity index (χ4n) is 2.66. The Balaban J connectivity index is 2.15. The molecule has 3 N–H and O–H groups in total. The second-order valence-electron chi connectivity index (χ2n) is 4.62. The van der Waals surface area contributed by atoms with Gasteiger partial charge in [-0.2, -0.15) is 0 Å². The monoisotopic (exact) mass is 278 g/mol. The highest BCUT2D eigenvalue weighted by atomic mass is 79.9. The van der Waals surface area contributed by atoms with Crippen LogP contribution in [0.5, 0.6) is 0 Å². The smallest absolute Gasteiger partial charge is 0.0459 e. The van der Waals surface area contributed by atoms with Crippen LogP contribution >= 0.6 is 15.9 Å². The first-order chi connectivity index (χ1) is 7.78. The molecule has 16 heavy (non-hydrogen) atoms. The average molecular weight is 279 g/mol. The molecule has 3 heteroatoms. The molecule has 1 aliphatic carbocycles. The van der Waals surface area contributed by atoms with Crippen molar-refractivity contribution in [2.24, 2.45) is 11.7 Å². The molecule has 0 saturated heterocycles. The standard InChI is InChI=1S/C13H15BrN2/c14-9-2-4-13-11(6-9)10-5-8(7-15)1-3-12(10)16-13/h2,4,6,8,16H,1,3,5,7,15H2. The van der Waals surface area contributed by atoms with E-state index in [0.717, 1.165) is 23.9 Å². The number of H-pyrrole nitrogens is 1. The molecular weight excluding hydrogens is 264 g/mol. The maximum atomic E-state index is 5.78. The number of aromatic nitrogens is 1. The zero-order valence-corrected chi connectivity index (χ0v) is 10.7. The third-order valence-electron chi connectivity index (χ3n) is 3.59. The third-order valence-corrected chi connectivity index (χ3v) is 4.08. The highest BCUT2D eigenvalue weighted by Gasteiger charge is 2.21. The summed E-state index contributed by atoms with van der Waals surface area (Å²) in [5, 5.41) is 1.36. The summed E-state index contributed by atoms with van der Waals surface area (Å²) in [6.45, 7) is 0.806. The third kappa shape index (κ3) is 1.59. The maximum absolute atomic E-state index is 5.78. The van der Waals surface area contributed by atoms with Gasteiger partial charge in [-0.05, 0) is 55.5 Å². The van der Waals surface area contributed by atoms with Crippen LogP contribution in [-0.4, -0.2) is 11.5 Å². The molecule has 2 aromatic rings. The number of fused-ring (bicyclic) bond motifs is 3. The van der Waals surface area contributed by atoms with E-state index in [-0.39, 0.29) is 0 Å². The Labute approximate surface area is 103 Å². The molecule has 84 valence electrons. The molecule has 1 aromatic carbocycles. The number of aryl methyl sites for hydroxylation is 1. The normalized spacial score (nSPS) is 20.0. The Morgan fingerprint density at radius 1 is 1.44 bits per heavy atom. The average Bonchev–Trinajstić information content (AvgIpc) is 2.66. The van der Waals surface area contributed by atoms with Crippen LogP contribution in [0.3, 0.4) is 0 Å². The predicted molar refractivity (Wildman–Crippen MR) is 70.6 cm³/mol. The number of aromatic amines is 1. The topological polar surface area (TPSA) is 41.8 Å². The van der Waals surface area contributed by atoms with Gasteiger partial charge in [-0.3, -0.25) is 0 Å². The zero-order valence-electron chi connectivity index (χ0n) is 9.09. The molecule has 0 bridgehead atoms. The second kappa shape index (κ2) is 3.90. The van der Waals surface area contributed by atoms with Crippen molar-refractivity contribution in [2.75, 3.05) is 6.54 Å². The quantitative estimate of drug-likeness (QED) is 0.828. The van der Waals surface area contributed by atoms with E-state index in [9.17, 15) is 0 Å². The largest absolute Gasteiger partial charge is 0.358 e. The van der Waals surface area contributed by atoms with Crippen molar-refractivity contribution in [1.82, 2.24) is 4.98 Å². The predicted octanol–water partition coefficient (Wildman–Crippen LogP) is 2.99. The fraction of sp³-hybridized carbons (Fsp3) is 0.385. The second-order valence-corrected chi connectivity index (χ2v) is 5.53. The minimum Gasteiger partial charge on any atom is -0.358 e. The Morgan fingerprint density at radius 3 is 3.12 bits per heavy atom. The molecule has 0 radical (unpaired) electrons. The number of hydrogen-bond acceptors (Lipinski definition) is 1. The van der Waals surface area contributed by atoms with Crippen LogP contribution in [0.4, 0.5) is 0 Å². The van der Waals surface area contributed by atoms with Crippen molar-refractivity contribution in [2.45, 2.75) is 19.3 Å². The molecule has 0 amide bonds. The van der Waals surface area contributed by atoms with Gasteiger partial charge in [0.2, 0.25) is 0 Å². The molecule has 1 aliphatic rings. The van der Waals surface area contributed by atoms with Crippen LogP contribution in [0.25, 0.3) is 10.9 Å². The van der Waals surface area contributed by atoms with Gasteiger partial charge in [-0.1, -0.05) is 15.9 Å². The number of nitrogens with two attached hydrogens (primary N) is 1. The van der Waals surface area contributed by atoms with Gasteiger partial charge < -0.3 is 10.7 Å². The van der Waals surface area contributed by atoms with E-state index < -0.39 is 0 Å². The lowest BCUT2D eigenvalue weighted by Gasteiger charge is -2.20. The van der Waals surface area contributed by atoms with Crippen LogP contribution in [-0.2, 0) is 12.8 Å². The van der Waals surface area contributed by atoms with Gasteiger partial charge in [-0.15, -0.1) is 0 Å². The summed E-state index contributed by atoms with van der Waals surface area (Å²) in [6.07, 6.45) is 3.49. The van der Waals surface area contributed by atoms with Gasteiger partial charge in [0, 0.05) is 21.1 Å². The summed E-state index contributed by atoms with van der Waals surface area (Å²) in [6, 6.07) is 6.45. The molecule has 0 aliphatic heterocycles. The Morgan fingerprint density at radius 2 is 2.31 bits per heavy atom. The van der Waals surface area contributed by atoms with Crippen LogP contribution < -0.4 is 5.73 Å². The molecule has 0 fully saturated rings. The summed E-state index contributed by atoms with van der Waals surface area (Å²) >= 11 is 3.54. The Kier molecular flexibility index (Phi) is 2.52. The van der Waals surface area contributed by atoms with E-state index in [1.54, 1.807) is 0 Å². The lowest BCUT2D eigenvalue weighted by atomic mass is 9.86. The lowest BCUT2D eigenvalue weighted by molar-refractivity contribution is 0.468. The van der Waals surface area contributed by atoms with Crippen molar-refractivity contribution in [1.29, 1.82) is 0 Å². The van der Waals surface area contributed by atoms with Crippen molar-refractivity contribution in [3.63, 3.8) is 0 Å². The molecule has 1 heterocycles. The van der Waals surface area contributed by atoms with Gasteiger partial charge >= 0.3 is 0 Å². The van der Waals surface area contributed by atoms with E-state index in [0.29, 0.717) is 5.92 Å². The van der Waals surface area contributed by atoms with E-state index in [1.807, 2.05) is 0 Å². The van der Waals surface area contributed by atoms with Gasteiger partial charge in [0.05, 0.1) is 0 Å². The molecule has 1 aromatic heterocycles. The Bertz CT molecular complexity index is 530. The molecular formula is C13H15BrN2. The summed E-state index contributed by atoms with van der Waals surface area (Å²) in [7, 11) is 0. The van der Waals surface area contributed by atoms with Crippen LogP contribution in [0.15, 0.2) is 22.7 Å². The minimum absolute atomic E-state index is 0.658. The number of hydrogen-bond donors (Lipinski definition) is 2. The molecule has 0 spiro atoms. The van der Waals surface area contributed by atoms with Crippen molar-refractivity contribution >= 4 is 26.8 Å². The molecule has 0 saturated carbocycles. The van der Waals surface area contributed by atoms with Gasteiger partial charge in [0.1, 0.15) is 0 Å². The first-order valence-electron chi connectivity index (χ1n) is 5.77. The van der Waals surface area contributed by atoms with Gasteiger partial charge in [-0.25, -0.2) is 0 Å². The summed E-state index contributed by atoms with van der Waals surface area (Å²) in [5.41, 5.74) is 9.94. The van der Waals surface area contributed by atoms with E-state index in [4.69, 9.17) is 5.73 Å². The van der Waals surface area contributed by atoms with E-state index in [2.05, 4.69) is 39.1 Å². The number of benzene rings is 1. The van der Waals surface area contributed by atoms with Gasteiger partial charge in [0.15, 0.2) is 0 Å². The summed E-state index contributed by atoms with van der Waals surface area (Å²) < 4.78 is 1.15. The summed E-state index contributed by atoms with van der Waals surface area (Å²) in [4.78, 5) is 3.53. The van der Waals surface area contributed by atoms with Crippen LogP contribution in [0.1, 0.15) is 17.7 Å². The molecule has 1 atom stereocenters. The number of rotatable bonds is 1. The Hall–Kier alpha value is -0.800. The molecule has 1 unspecified atom stereocenters. The van der Waals surface area contributed by atoms with Crippen LogP contribution in [0.2, 0.25) is 0 Å². The SMILES string of the molecule is NCC1CCc2[nH]c3ccc(Br)cc3c2C1. The van der Waals surface area contributed by atoms with Crippen molar-refractivity contribution in [3.05, 3.63) is 33.9 Å². The summed E-state index contributed by atoms with van der Waals surface area (Å²) in [5.74, 6) is 0.658. The first kappa shape index (κ1) is 10.4. The van der Waals surface area contributed by atoms with E-state index >= 15 is 0 Å². The highest BCUT2D eigenvalue weighted by Crippen LogP contribution is 2.32. The first-order valence-corrected chi connectivity index (χ1v) is 6.56. The molecule has 3 rings (SSSR count). The number of nitrogens with one attached hydrogen (secondary N) is 1. The van der Waals surface area contributed by atoms with E-state index in [1.165, 1.54) is 28.6 Å².